The van der Waals surface area contributed by atoms with Crippen LogP contribution in [-0.4, -0.2) is 16.1 Å². The quantitative estimate of drug-likeness (QED) is 0.909. The van der Waals surface area contributed by atoms with E-state index in [2.05, 4.69) is 4.98 Å². The van der Waals surface area contributed by atoms with E-state index in [1.807, 2.05) is 45.9 Å². The highest BCUT2D eigenvalue weighted by Crippen LogP contribution is 2.25. The van der Waals surface area contributed by atoms with Gasteiger partial charge in [0.2, 0.25) is 5.88 Å². The molecule has 1 N–H and O–H groups in total. The average molecular weight is 285 g/mol. The molecule has 110 valence electrons. The highest BCUT2D eigenvalue weighted by atomic mass is 16.5. The van der Waals surface area contributed by atoms with Gasteiger partial charge < -0.3 is 9.84 Å². The Kier molecular flexibility index (Phi) is 4.26. The maximum Gasteiger partial charge on any atom is 0.335 e. The molecule has 0 aliphatic rings. The van der Waals surface area contributed by atoms with Gasteiger partial charge in [-0.1, -0.05) is 19.9 Å². The Labute approximate surface area is 124 Å². The second kappa shape index (κ2) is 5.95. The van der Waals surface area contributed by atoms with Gasteiger partial charge in [0.05, 0.1) is 5.56 Å². The molecule has 0 bridgehead atoms. The topological polar surface area (TPSA) is 59.4 Å². The van der Waals surface area contributed by atoms with E-state index in [0.717, 1.165) is 5.56 Å². The first-order valence-electron chi connectivity index (χ1n) is 6.87. The van der Waals surface area contributed by atoms with Crippen molar-refractivity contribution >= 4 is 5.97 Å². The summed E-state index contributed by atoms with van der Waals surface area (Å²) in [6.45, 7) is 7.96. The minimum absolute atomic E-state index is 0.131. The van der Waals surface area contributed by atoms with Crippen molar-refractivity contribution < 1.29 is 14.6 Å². The number of rotatable bonds is 4. The third-order valence-corrected chi connectivity index (χ3v) is 3.36. The molecule has 1 aromatic carbocycles. The summed E-state index contributed by atoms with van der Waals surface area (Å²) in [6, 6.07) is 8.77. The molecule has 0 amide bonds. The van der Waals surface area contributed by atoms with Crippen molar-refractivity contribution in [3.05, 3.63) is 52.7 Å². The lowest BCUT2D eigenvalue weighted by atomic mass is 10.1. The Morgan fingerprint density at radius 1 is 1.14 bits per heavy atom. The number of carboxylic acids is 1. The number of nitrogens with zero attached hydrogens (tertiary/aromatic N) is 1. The normalized spacial score (nSPS) is 10.7. The van der Waals surface area contributed by atoms with Gasteiger partial charge in [0.25, 0.3) is 0 Å². The fourth-order valence-electron chi connectivity index (χ4n) is 1.90. The minimum Gasteiger partial charge on any atom is -0.478 e. The molecule has 0 radical (unpaired) electrons. The van der Waals surface area contributed by atoms with Crippen LogP contribution in [0.5, 0.6) is 11.6 Å². The molecule has 0 aliphatic carbocycles. The Morgan fingerprint density at radius 2 is 1.86 bits per heavy atom. The predicted molar refractivity (Wildman–Crippen MR) is 81.3 cm³/mol. The molecule has 2 rings (SSSR count). The molecule has 0 atom stereocenters. The number of aromatic carboxylic acids is 1. The number of aryl methyl sites for hydroxylation is 2. The van der Waals surface area contributed by atoms with E-state index in [4.69, 9.17) is 4.74 Å². The number of pyridine rings is 1. The largest absolute Gasteiger partial charge is 0.478 e. The van der Waals surface area contributed by atoms with E-state index >= 15 is 0 Å². The van der Waals surface area contributed by atoms with Gasteiger partial charge in [0.15, 0.2) is 0 Å². The Balaban J connectivity index is 2.38. The summed E-state index contributed by atoms with van der Waals surface area (Å²) in [6.07, 6.45) is 0. The van der Waals surface area contributed by atoms with Gasteiger partial charge in [-0.2, -0.15) is 0 Å². The maximum atomic E-state index is 11.2. The summed E-state index contributed by atoms with van der Waals surface area (Å²) in [7, 11) is 0. The van der Waals surface area contributed by atoms with Crippen LogP contribution in [0.4, 0.5) is 0 Å². The molecule has 1 heterocycles. The summed E-state index contributed by atoms with van der Waals surface area (Å²) >= 11 is 0. The summed E-state index contributed by atoms with van der Waals surface area (Å²) in [5, 5.41) is 9.18. The van der Waals surface area contributed by atoms with Crippen LogP contribution in [0.3, 0.4) is 0 Å². The monoisotopic (exact) mass is 285 g/mol. The van der Waals surface area contributed by atoms with Crippen molar-refractivity contribution in [1.29, 1.82) is 0 Å². The van der Waals surface area contributed by atoms with Crippen molar-refractivity contribution in [3.8, 4) is 11.6 Å². The van der Waals surface area contributed by atoms with Gasteiger partial charge in [0.1, 0.15) is 5.75 Å². The zero-order chi connectivity index (χ0) is 15.6. The van der Waals surface area contributed by atoms with Gasteiger partial charge >= 0.3 is 5.97 Å². The summed E-state index contributed by atoms with van der Waals surface area (Å²) in [5.74, 6) is 0.111. The zero-order valence-corrected chi connectivity index (χ0v) is 12.7. The Hall–Kier alpha value is -2.36. The number of hydrogen-bond donors (Lipinski definition) is 1. The molecule has 2 aromatic rings. The summed E-state index contributed by atoms with van der Waals surface area (Å²) < 4.78 is 5.72. The molecule has 4 nitrogen and oxygen atoms in total. The van der Waals surface area contributed by atoms with Crippen molar-refractivity contribution in [2.24, 2.45) is 0 Å². The molecule has 0 fully saturated rings. The molecular formula is C17H19NO3. The smallest absolute Gasteiger partial charge is 0.335 e. The summed E-state index contributed by atoms with van der Waals surface area (Å²) in [4.78, 5) is 15.6. The van der Waals surface area contributed by atoms with Crippen LogP contribution >= 0.6 is 0 Å². The van der Waals surface area contributed by atoms with Crippen LogP contribution in [0.2, 0.25) is 0 Å². The van der Waals surface area contributed by atoms with Gasteiger partial charge in [-0.05, 0) is 49.1 Å². The van der Waals surface area contributed by atoms with Crippen LogP contribution in [0.1, 0.15) is 46.9 Å². The first kappa shape index (κ1) is 15.0. The van der Waals surface area contributed by atoms with E-state index in [1.165, 1.54) is 11.6 Å². The van der Waals surface area contributed by atoms with Gasteiger partial charge in [0, 0.05) is 11.8 Å². The van der Waals surface area contributed by atoms with Crippen molar-refractivity contribution in [1.82, 2.24) is 4.98 Å². The SMILES string of the molecule is Cc1ccc(Oc2cc(C(=O)O)cc(C(C)C)n2)cc1C. The van der Waals surface area contributed by atoms with Crippen LogP contribution < -0.4 is 4.74 Å². The molecule has 1 aromatic heterocycles. The predicted octanol–water partition coefficient (Wildman–Crippen LogP) is 4.31. The molecule has 0 unspecified atom stereocenters. The maximum absolute atomic E-state index is 11.2. The lowest BCUT2D eigenvalue weighted by molar-refractivity contribution is 0.0696. The van der Waals surface area contributed by atoms with Crippen LogP contribution in [0.15, 0.2) is 30.3 Å². The van der Waals surface area contributed by atoms with Gasteiger partial charge in [-0.3, -0.25) is 0 Å². The van der Waals surface area contributed by atoms with Crippen LogP contribution in [-0.2, 0) is 0 Å². The second-order valence-corrected chi connectivity index (χ2v) is 5.43. The molecule has 0 spiro atoms. The number of carbonyl (C=O) groups is 1. The van der Waals surface area contributed by atoms with Gasteiger partial charge in [-0.25, -0.2) is 9.78 Å². The Morgan fingerprint density at radius 3 is 2.43 bits per heavy atom. The lowest BCUT2D eigenvalue weighted by Gasteiger charge is -2.11. The van der Waals surface area contributed by atoms with Crippen molar-refractivity contribution in [2.75, 3.05) is 0 Å². The van der Waals surface area contributed by atoms with Gasteiger partial charge in [-0.15, -0.1) is 0 Å². The zero-order valence-electron chi connectivity index (χ0n) is 12.7. The second-order valence-electron chi connectivity index (χ2n) is 5.43. The third-order valence-electron chi connectivity index (χ3n) is 3.36. The number of carboxylic acid groups (broad SMARTS) is 1. The van der Waals surface area contributed by atoms with E-state index < -0.39 is 5.97 Å². The number of benzene rings is 1. The minimum atomic E-state index is -0.982. The number of hydrogen-bond acceptors (Lipinski definition) is 3. The van der Waals surface area contributed by atoms with Crippen molar-refractivity contribution in [3.63, 3.8) is 0 Å². The van der Waals surface area contributed by atoms with E-state index in [0.29, 0.717) is 17.3 Å². The molecule has 0 saturated carbocycles. The number of ether oxygens (including phenoxy) is 1. The molecule has 0 saturated heterocycles. The van der Waals surface area contributed by atoms with E-state index in [-0.39, 0.29) is 11.5 Å². The lowest BCUT2D eigenvalue weighted by Crippen LogP contribution is -2.03. The first-order chi connectivity index (χ1) is 9.86. The molecule has 4 heteroatoms. The summed E-state index contributed by atoms with van der Waals surface area (Å²) in [5.41, 5.74) is 3.18. The average Bonchev–Trinajstić information content (AvgIpc) is 2.42. The third kappa shape index (κ3) is 3.60. The number of aromatic nitrogens is 1. The molecule has 21 heavy (non-hydrogen) atoms. The first-order valence-corrected chi connectivity index (χ1v) is 6.87. The van der Waals surface area contributed by atoms with Crippen LogP contribution in [0.25, 0.3) is 0 Å². The highest BCUT2D eigenvalue weighted by Gasteiger charge is 2.12. The fourth-order valence-corrected chi connectivity index (χ4v) is 1.90. The fraction of sp³-hybridized carbons (Fsp3) is 0.294. The van der Waals surface area contributed by atoms with E-state index in [9.17, 15) is 9.90 Å². The molecule has 0 aliphatic heterocycles. The standard InChI is InChI=1S/C17H19NO3/c1-10(2)15-8-13(17(19)20)9-16(18-15)21-14-6-5-11(3)12(4)7-14/h5-10H,1-4H3,(H,19,20). The van der Waals surface area contributed by atoms with Crippen LogP contribution in [0, 0.1) is 13.8 Å². The Bertz CT molecular complexity index is 678. The van der Waals surface area contributed by atoms with Crippen molar-refractivity contribution in [2.45, 2.75) is 33.6 Å². The van der Waals surface area contributed by atoms with E-state index in [1.54, 1.807) is 6.07 Å². The molecular weight excluding hydrogens is 266 g/mol. The highest BCUT2D eigenvalue weighted by molar-refractivity contribution is 5.88.